The number of hydrogen-bond donors (Lipinski definition) is 0. The van der Waals surface area contributed by atoms with Crippen molar-refractivity contribution in [1.29, 1.82) is 0 Å². The van der Waals surface area contributed by atoms with Crippen molar-refractivity contribution in [3.05, 3.63) is 0 Å². The second-order valence-corrected chi connectivity index (χ2v) is 7.64. The number of ether oxygens (including phenoxy) is 5. The van der Waals surface area contributed by atoms with E-state index in [9.17, 15) is 4.79 Å². The molecule has 0 N–H and O–H groups in total. The van der Waals surface area contributed by atoms with Crippen molar-refractivity contribution in [2.75, 3.05) is 35.0 Å². The smallest absolute Gasteiger partial charge is 0.251 e. The van der Waals surface area contributed by atoms with Crippen molar-refractivity contribution in [3.63, 3.8) is 0 Å². The Kier molecular flexibility index (Phi) is 4.66. The minimum atomic E-state index is -1.53. The molecule has 2 aliphatic carbocycles. The summed E-state index contributed by atoms with van der Waals surface area (Å²) < 4.78 is 25.8. The van der Waals surface area contributed by atoms with E-state index >= 15 is 0 Å². The summed E-state index contributed by atoms with van der Waals surface area (Å²) in [6.07, 6.45) is -0.0195. The number of rotatable bonds is 6. The number of carbonyl (C=O) groups is 1. The zero-order chi connectivity index (χ0) is 16.1. The molecule has 0 aromatic rings. The summed E-state index contributed by atoms with van der Waals surface area (Å²) >= 11 is 7.17. The quantitative estimate of drug-likeness (QED) is 0.470. The minimum Gasteiger partial charge on any atom is -0.376 e. The molecule has 8 heteroatoms. The standard InChI is InChI=1S/C13H20Br2O6/c1-6-21-8-7-10(14)12(17-2,18-3)9(16)11(8,15)13(10,19-4)20-5/h8H,6-7H2,1-5H3/t8-,10+,11-/m1/s1. The maximum absolute atomic E-state index is 13.1. The van der Waals surface area contributed by atoms with Crippen molar-refractivity contribution >= 4 is 37.6 Å². The van der Waals surface area contributed by atoms with Crippen LogP contribution in [0, 0.1) is 0 Å². The van der Waals surface area contributed by atoms with Crippen LogP contribution >= 0.6 is 31.9 Å². The molecule has 0 spiro atoms. The number of ketones is 1. The molecule has 6 nitrogen and oxygen atoms in total. The summed E-state index contributed by atoms with van der Waals surface area (Å²) in [5.74, 6) is -3.19. The van der Waals surface area contributed by atoms with Gasteiger partial charge in [-0.1, -0.05) is 31.9 Å². The number of methoxy groups -OCH3 is 4. The molecule has 2 aliphatic rings. The Morgan fingerprint density at radius 3 is 2.00 bits per heavy atom. The average Bonchev–Trinajstić information content (AvgIpc) is 2.74. The Balaban J connectivity index is 2.71. The number of fused-ring (bicyclic) bond motifs is 2. The number of carbonyl (C=O) groups excluding carboxylic acids is 1. The fourth-order valence-corrected chi connectivity index (χ4v) is 6.69. The van der Waals surface area contributed by atoms with Gasteiger partial charge in [0.1, 0.15) is 4.32 Å². The molecule has 3 atom stereocenters. The van der Waals surface area contributed by atoms with E-state index in [1.165, 1.54) is 28.4 Å². The van der Waals surface area contributed by atoms with Gasteiger partial charge in [-0.2, -0.15) is 0 Å². The van der Waals surface area contributed by atoms with E-state index in [0.29, 0.717) is 13.0 Å². The normalized spacial score (nSPS) is 40.0. The molecule has 0 aliphatic heterocycles. The van der Waals surface area contributed by atoms with Crippen LogP contribution < -0.4 is 0 Å². The maximum atomic E-state index is 13.1. The van der Waals surface area contributed by atoms with Gasteiger partial charge >= 0.3 is 0 Å². The fraction of sp³-hybridized carbons (Fsp3) is 0.923. The van der Waals surface area contributed by atoms with Gasteiger partial charge in [-0.3, -0.25) is 4.79 Å². The summed E-state index contributed by atoms with van der Waals surface area (Å²) in [4.78, 5) is 13.1. The molecule has 2 fully saturated rings. The van der Waals surface area contributed by atoms with E-state index < -0.39 is 26.3 Å². The van der Waals surface area contributed by atoms with Gasteiger partial charge in [0.25, 0.3) is 5.79 Å². The average molecular weight is 432 g/mol. The van der Waals surface area contributed by atoms with Crippen LogP contribution in [0.2, 0.25) is 0 Å². The first-order chi connectivity index (χ1) is 9.81. The third-order valence-corrected chi connectivity index (χ3v) is 7.34. The maximum Gasteiger partial charge on any atom is 0.251 e. The van der Waals surface area contributed by atoms with Crippen LogP contribution in [0.5, 0.6) is 0 Å². The lowest BCUT2D eigenvalue weighted by atomic mass is 9.90. The third kappa shape index (κ3) is 1.62. The highest BCUT2D eigenvalue weighted by atomic mass is 79.9. The zero-order valence-electron chi connectivity index (χ0n) is 12.7. The van der Waals surface area contributed by atoms with Gasteiger partial charge in [-0.25, -0.2) is 0 Å². The first-order valence-electron chi connectivity index (χ1n) is 6.56. The second kappa shape index (κ2) is 5.51. The van der Waals surface area contributed by atoms with Crippen molar-refractivity contribution < 1.29 is 28.5 Å². The lowest BCUT2D eigenvalue weighted by Crippen LogP contribution is -2.61. The van der Waals surface area contributed by atoms with Crippen molar-refractivity contribution in [2.45, 2.75) is 39.7 Å². The lowest BCUT2D eigenvalue weighted by molar-refractivity contribution is -0.265. The molecule has 0 amide bonds. The highest BCUT2D eigenvalue weighted by molar-refractivity contribution is 9.11. The Hall–Kier alpha value is 0.430. The van der Waals surface area contributed by atoms with Crippen LogP contribution in [0.4, 0.5) is 0 Å². The molecule has 0 unspecified atom stereocenters. The van der Waals surface area contributed by atoms with E-state index in [2.05, 4.69) is 31.9 Å². The van der Waals surface area contributed by atoms with Gasteiger partial charge < -0.3 is 23.7 Å². The molecule has 21 heavy (non-hydrogen) atoms. The largest absolute Gasteiger partial charge is 0.376 e. The van der Waals surface area contributed by atoms with Gasteiger partial charge in [0, 0.05) is 41.5 Å². The Labute approximate surface area is 141 Å². The molecular formula is C13H20Br2O6. The van der Waals surface area contributed by atoms with Gasteiger partial charge in [0.2, 0.25) is 11.6 Å². The van der Waals surface area contributed by atoms with Crippen LogP contribution in [0.3, 0.4) is 0 Å². The van der Waals surface area contributed by atoms with Gasteiger partial charge in [0.05, 0.1) is 6.10 Å². The van der Waals surface area contributed by atoms with E-state index in [4.69, 9.17) is 23.7 Å². The molecule has 122 valence electrons. The SMILES string of the molecule is CCO[C@@H]1C[C@]2(Br)C(OC)(OC)C(=O)[C@@]1(Br)C2(OC)OC. The molecule has 0 radical (unpaired) electrons. The molecule has 0 aromatic heterocycles. The number of hydrogen-bond acceptors (Lipinski definition) is 6. The van der Waals surface area contributed by atoms with Crippen LogP contribution in [0.1, 0.15) is 13.3 Å². The van der Waals surface area contributed by atoms with Crippen LogP contribution in [0.25, 0.3) is 0 Å². The Bertz CT molecular complexity index is 436. The monoisotopic (exact) mass is 430 g/mol. The number of halogens is 2. The Morgan fingerprint density at radius 1 is 1.10 bits per heavy atom. The topological polar surface area (TPSA) is 63.2 Å². The highest BCUT2D eigenvalue weighted by Crippen LogP contribution is 2.70. The summed E-state index contributed by atoms with van der Waals surface area (Å²) in [6.45, 7) is 2.33. The van der Waals surface area contributed by atoms with Crippen LogP contribution in [-0.2, 0) is 28.5 Å². The summed E-state index contributed by atoms with van der Waals surface area (Å²) in [5.41, 5.74) is 0. The molecule has 2 bridgehead atoms. The van der Waals surface area contributed by atoms with Crippen LogP contribution in [-0.4, -0.2) is 67.2 Å². The van der Waals surface area contributed by atoms with Gasteiger partial charge in [0.15, 0.2) is 4.32 Å². The van der Waals surface area contributed by atoms with E-state index in [1.807, 2.05) is 6.92 Å². The van der Waals surface area contributed by atoms with Crippen molar-refractivity contribution in [1.82, 2.24) is 0 Å². The zero-order valence-corrected chi connectivity index (χ0v) is 15.9. The minimum absolute atomic E-state index is 0.328. The first kappa shape index (κ1) is 17.8. The van der Waals surface area contributed by atoms with E-state index in [-0.39, 0.29) is 5.78 Å². The third-order valence-electron chi connectivity index (χ3n) is 4.58. The summed E-state index contributed by atoms with van der Waals surface area (Å²) in [6, 6.07) is 0. The van der Waals surface area contributed by atoms with E-state index in [0.717, 1.165) is 0 Å². The van der Waals surface area contributed by atoms with Crippen molar-refractivity contribution in [3.8, 4) is 0 Å². The van der Waals surface area contributed by atoms with Gasteiger partial charge in [-0.05, 0) is 6.92 Å². The van der Waals surface area contributed by atoms with Gasteiger partial charge in [-0.15, -0.1) is 0 Å². The molecular weight excluding hydrogens is 412 g/mol. The van der Waals surface area contributed by atoms with Crippen molar-refractivity contribution in [2.24, 2.45) is 0 Å². The highest BCUT2D eigenvalue weighted by Gasteiger charge is 2.92. The molecule has 0 aromatic carbocycles. The second-order valence-electron chi connectivity index (χ2n) is 5.04. The molecule has 0 saturated heterocycles. The summed E-state index contributed by atoms with van der Waals surface area (Å²) in [5, 5.41) is 0. The number of Topliss-reactive ketones (excluding diaryl/α,β-unsaturated/α-hetero) is 1. The predicted octanol–water partition coefficient (Wildman–Crippen LogP) is 1.62. The molecule has 2 rings (SSSR count). The first-order valence-corrected chi connectivity index (χ1v) is 8.15. The van der Waals surface area contributed by atoms with E-state index in [1.54, 1.807) is 0 Å². The Morgan fingerprint density at radius 2 is 1.62 bits per heavy atom. The molecule has 0 heterocycles. The number of alkyl halides is 2. The molecule has 2 saturated carbocycles. The fourth-order valence-electron chi connectivity index (χ4n) is 3.77. The summed E-state index contributed by atoms with van der Waals surface area (Å²) in [7, 11) is 5.82. The lowest BCUT2D eigenvalue weighted by Gasteiger charge is -2.43. The predicted molar refractivity (Wildman–Crippen MR) is 81.9 cm³/mol. The van der Waals surface area contributed by atoms with Crippen LogP contribution in [0.15, 0.2) is 0 Å².